The zero-order valence-electron chi connectivity index (χ0n) is 12.1. The summed E-state index contributed by atoms with van der Waals surface area (Å²) in [6.45, 7) is 1.96. The van der Waals surface area contributed by atoms with Gasteiger partial charge in [-0.05, 0) is 22.8 Å². The minimum Gasteiger partial charge on any atom is -0.353 e. The summed E-state index contributed by atoms with van der Waals surface area (Å²) in [6.07, 6.45) is 1.21. The number of likely N-dealkylation sites (N-methyl/N-ethyl adjacent to an activating group) is 1. The highest BCUT2D eigenvalue weighted by atomic mass is 127. The van der Waals surface area contributed by atoms with Gasteiger partial charge < -0.3 is 10.2 Å². The summed E-state index contributed by atoms with van der Waals surface area (Å²) in [4.78, 5) is 6.73. The highest BCUT2D eigenvalue weighted by Gasteiger charge is 2.40. The van der Waals surface area contributed by atoms with Gasteiger partial charge in [0.15, 0.2) is 5.96 Å². The Morgan fingerprint density at radius 3 is 2.76 bits per heavy atom. The lowest BCUT2D eigenvalue weighted by atomic mass is 10.0. The van der Waals surface area contributed by atoms with Crippen LogP contribution < -0.4 is 5.32 Å². The van der Waals surface area contributed by atoms with E-state index in [1.807, 2.05) is 0 Å². The van der Waals surface area contributed by atoms with Crippen LogP contribution in [0.25, 0.3) is 10.8 Å². The normalized spacial score (nSPS) is 23.7. The molecule has 2 aliphatic rings. The molecule has 110 valence electrons. The van der Waals surface area contributed by atoms with Crippen molar-refractivity contribution in [1.82, 2.24) is 10.2 Å². The van der Waals surface area contributed by atoms with Crippen LogP contribution in [-0.2, 0) is 0 Å². The Hall–Kier alpha value is -1.30. The number of nitrogens with one attached hydrogen (secondary N) is 1. The second kappa shape index (κ2) is 5.83. The molecule has 21 heavy (non-hydrogen) atoms. The number of guanidine groups is 1. The number of benzene rings is 2. The fraction of sp³-hybridized carbons (Fsp3) is 0.353. The first-order chi connectivity index (χ1) is 9.83. The first-order valence-electron chi connectivity index (χ1n) is 7.33. The molecule has 0 radical (unpaired) electrons. The Morgan fingerprint density at radius 1 is 1.14 bits per heavy atom. The molecule has 0 aromatic heterocycles. The highest BCUT2D eigenvalue weighted by Crippen LogP contribution is 2.43. The van der Waals surface area contributed by atoms with Crippen LogP contribution in [0.3, 0.4) is 0 Å². The standard InChI is InChI=1S/C17H19N3.HI/c1-20-10-9-18-17(20)19-16-11-15(16)14-8-4-6-12-5-2-3-7-13(12)14;/h2-8,15-16H,9-11H2,1H3,(H,18,19);1H/t15-,16+;/m0./s1. The van der Waals surface area contributed by atoms with E-state index in [0.717, 1.165) is 19.0 Å². The average molecular weight is 393 g/mol. The van der Waals surface area contributed by atoms with E-state index in [0.29, 0.717) is 12.0 Å². The van der Waals surface area contributed by atoms with Crippen molar-refractivity contribution in [3.8, 4) is 0 Å². The highest BCUT2D eigenvalue weighted by molar-refractivity contribution is 14.0. The van der Waals surface area contributed by atoms with Gasteiger partial charge in [-0.1, -0.05) is 42.5 Å². The average Bonchev–Trinajstić information content (AvgIpc) is 3.13. The fourth-order valence-corrected chi connectivity index (χ4v) is 3.13. The number of rotatable bonds is 2. The van der Waals surface area contributed by atoms with E-state index in [1.165, 1.54) is 22.8 Å². The molecule has 0 spiro atoms. The lowest BCUT2D eigenvalue weighted by Gasteiger charge is -2.15. The van der Waals surface area contributed by atoms with E-state index >= 15 is 0 Å². The zero-order valence-corrected chi connectivity index (χ0v) is 14.5. The van der Waals surface area contributed by atoms with Gasteiger partial charge in [-0.2, -0.15) is 0 Å². The van der Waals surface area contributed by atoms with Crippen LogP contribution in [0, 0.1) is 0 Å². The van der Waals surface area contributed by atoms with Crippen molar-refractivity contribution in [2.24, 2.45) is 4.99 Å². The Kier molecular flexibility index (Phi) is 4.06. The van der Waals surface area contributed by atoms with Crippen LogP contribution in [0.4, 0.5) is 0 Å². The van der Waals surface area contributed by atoms with Crippen LogP contribution in [-0.4, -0.2) is 37.0 Å². The van der Waals surface area contributed by atoms with Crippen molar-refractivity contribution in [1.29, 1.82) is 0 Å². The molecule has 0 amide bonds. The minimum atomic E-state index is 0. The third-order valence-corrected chi connectivity index (χ3v) is 4.39. The van der Waals surface area contributed by atoms with Gasteiger partial charge in [-0.15, -0.1) is 24.0 Å². The van der Waals surface area contributed by atoms with E-state index in [2.05, 4.69) is 64.7 Å². The van der Waals surface area contributed by atoms with Crippen molar-refractivity contribution in [2.75, 3.05) is 20.1 Å². The van der Waals surface area contributed by atoms with Crippen molar-refractivity contribution in [3.63, 3.8) is 0 Å². The van der Waals surface area contributed by atoms with Gasteiger partial charge in [0.2, 0.25) is 0 Å². The molecular formula is C17H20IN3. The summed E-state index contributed by atoms with van der Waals surface area (Å²) in [7, 11) is 2.11. The van der Waals surface area contributed by atoms with E-state index < -0.39 is 0 Å². The molecule has 1 N–H and O–H groups in total. The Morgan fingerprint density at radius 2 is 1.95 bits per heavy atom. The molecule has 1 aliphatic carbocycles. The topological polar surface area (TPSA) is 27.6 Å². The molecule has 1 saturated carbocycles. The Labute approximate surface area is 142 Å². The van der Waals surface area contributed by atoms with Crippen LogP contribution in [0.2, 0.25) is 0 Å². The smallest absolute Gasteiger partial charge is 0.194 e. The van der Waals surface area contributed by atoms with Gasteiger partial charge in [0.25, 0.3) is 0 Å². The molecular weight excluding hydrogens is 373 g/mol. The zero-order chi connectivity index (χ0) is 13.5. The molecule has 2 atom stereocenters. The van der Waals surface area contributed by atoms with E-state index in [4.69, 9.17) is 0 Å². The van der Waals surface area contributed by atoms with E-state index in [-0.39, 0.29) is 24.0 Å². The summed E-state index contributed by atoms with van der Waals surface area (Å²) in [6, 6.07) is 15.8. The van der Waals surface area contributed by atoms with E-state index in [9.17, 15) is 0 Å². The summed E-state index contributed by atoms with van der Waals surface area (Å²) >= 11 is 0. The summed E-state index contributed by atoms with van der Waals surface area (Å²) in [5.74, 6) is 1.69. The number of fused-ring (bicyclic) bond motifs is 1. The quantitative estimate of drug-likeness (QED) is 0.794. The molecule has 4 rings (SSSR count). The minimum absolute atomic E-state index is 0. The summed E-state index contributed by atoms with van der Waals surface area (Å²) in [5.41, 5.74) is 1.47. The van der Waals surface area contributed by atoms with Gasteiger partial charge in [-0.25, -0.2) is 0 Å². The van der Waals surface area contributed by atoms with Crippen LogP contribution in [0.15, 0.2) is 47.5 Å². The number of aliphatic imine (C=N–C) groups is 1. The van der Waals surface area contributed by atoms with Crippen molar-refractivity contribution in [3.05, 3.63) is 48.0 Å². The van der Waals surface area contributed by atoms with E-state index in [1.54, 1.807) is 0 Å². The maximum atomic E-state index is 4.52. The summed E-state index contributed by atoms with van der Waals surface area (Å²) in [5, 5.41) is 6.33. The second-order valence-electron chi connectivity index (χ2n) is 5.79. The molecule has 2 aromatic rings. The third-order valence-electron chi connectivity index (χ3n) is 4.39. The van der Waals surface area contributed by atoms with Gasteiger partial charge >= 0.3 is 0 Å². The largest absolute Gasteiger partial charge is 0.353 e. The van der Waals surface area contributed by atoms with Crippen LogP contribution >= 0.6 is 24.0 Å². The monoisotopic (exact) mass is 393 g/mol. The Balaban J connectivity index is 0.00000132. The first kappa shape index (κ1) is 14.6. The molecule has 1 fully saturated rings. The molecule has 0 saturated heterocycles. The van der Waals surface area contributed by atoms with Gasteiger partial charge in [0.05, 0.1) is 6.54 Å². The number of hydrogen-bond donors (Lipinski definition) is 1. The number of halogens is 1. The first-order valence-corrected chi connectivity index (χ1v) is 7.33. The Bertz CT molecular complexity index is 677. The molecule has 3 nitrogen and oxygen atoms in total. The van der Waals surface area contributed by atoms with Crippen molar-refractivity contribution in [2.45, 2.75) is 18.4 Å². The van der Waals surface area contributed by atoms with Crippen LogP contribution in [0.5, 0.6) is 0 Å². The number of hydrogen-bond acceptors (Lipinski definition) is 3. The molecule has 1 heterocycles. The maximum Gasteiger partial charge on any atom is 0.194 e. The molecule has 0 unspecified atom stereocenters. The van der Waals surface area contributed by atoms with Gasteiger partial charge in [-0.3, -0.25) is 4.99 Å². The van der Waals surface area contributed by atoms with Crippen molar-refractivity contribution < 1.29 is 0 Å². The lowest BCUT2D eigenvalue weighted by Crippen LogP contribution is -2.37. The number of nitrogens with zero attached hydrogens (tertiary/aromatic N) is 2. The predicted molar refractivity (Wildman–Crippen MR) is 98.6 cm³/mol. The second-order valence-corrected chi connectivity index (χ2v) is 5.79. The maximum absolute atomic E-state index is 4.52. The SMILES string of the molecule is CN1CCN=C1N[C@@H]1C[C@H]1c1cccc2ccccc12.I. The van der Waals surface area contributed by atoms with Gasteiger partial charge in [0.1, 0.15) is 0 Å². The lowest BCUT2D eigenvalue weighted by molar-refractivity contribution is 0.532. The fourth-order valence-electron chi connectivity index (χ4n) is 3.13. The molecule has 0 bridgehead atoms. The molecule has 2 aromatic carbocycles. The third kappa shape index (κ3) is 2.73. The predicted octanol–water partition coefficient (Wildman–Crippen LogP) is 3.20. The molecule has 1 aliphatic heterocycles. The molecule has 4 heteroatoms. The van der Waals surface area contributed by atoms with Gasteiger partial charge in [0, 0.05) is 25.6 Å². The summed E-state index contributed by atoms with van der Waals surface area (Å²) < 4.78 is 0. The van der Waals surface area contributed by atoms with Crippen molar-refractivity contribution >= 4 is 40.7 Å². The van der Waals surface area contributed by atoms with Crippen LogP contribution in [0.1, 0.15) is 17.9 Å².